The van der Waals surface area contributed by atoms with Crippen molar-refractivity contribution in [2.45, 2.75) is 6.42 Å². The van der Waals surface area contributed by atoms with Crippen molar-refractivity contribution in [1.29, 1.82) is 0 Å². The lowest BCUT2D eigenvalue weighted by molar-refractivity contribution is 0.770. The van der Waals surface area contributed by atoms with Crippen LogP contribution in [-0.4, -0.2) is 23.8 Å². The SMILES string of the molecule is CNCCc1[nH]nc(-c2csc3ccccc23)c1Br. The van der Waals surface area contributed by atoms with Crippen LogP contribution in [0.2, 0.25) is 0 Å². The van der Waals surface area contributed by atoms with E-state index in [1.807, 2.05) is 7.05 Å². The van der Waals surface area contributed by atoms with Gasteiger partial charge in [-0.15, -0.1) is 11.3 Å². The van der Waals surface area contributed by atoms with Crippen LogP contribution in [0.1, 0.15) is 5.69 Å². The van der Waals surface area contributed by atoms with E-state index in [4.69, 9.17) is 0 Å². The average molecular weight is 336 g/mol. The summed E-state index contributed by atoms with van der Waals surface area (Å²) in [5.41, 5.74) is 3.34. The normalized spacial score (nSPS) is 11.3. The molecule has 0 saturated carbocycles. The number of H-pyrrole nitrogens is 1. The van der Waals surface area contributed by atoms with Crippen LogP contribution in [0, 0.1) is 0 Å². The fourth-order valence-electron chi connectivity index (χ4n) is 2.12. The Morgan fingerprint density at radius 1 is 1.37 bits per heavy atom. The topological polar surface area (TPSA) is 40.7 Å². The Balaban J connectivity index is 2.04. The van der Waals surface area contributed by atoms with Crippen LogP contribution in [0.5, 0.6) is 0 Å². The summed E-state index contributed by atoms with van der Waals surface area (Å²) in [6.07, 6.45) is 0.937. The van der Waals surface area contributed by atoms with Crippen molar-refractivity contribution in [1.82, 2.24) is 15.5 Å². The molecule has 1 aromatic carbocycles. The molecule has 2 heterocycles. The van der Waals surface area contributed by atoms with Crippen LogP contribution >= 0.6 is 27.3 Å². The van der Waals surface area contributed by atoms with Gasteiger partial charge >= 0.3 is 0 Å². The number of hydrogen-bond acceptors (Lipinski definition) is 3. The molecule has 5 heteroatoms. The maximum atomic E-state index is 4.47. The molecule has 0 bridgehead atoms. The number of hydrogen-bond donors (Lipinski definition) is 2. The van der Waals surface area contributed by atoms with Gasteiger partial charge in [0.1, 0.15) is 5.69 Å². The van der Waals surface area contributed by atoms with Crippen LogP contribution in [0.25, 0.3) is 21.3 Å². The molecule has 3 nitrogen and oxygen atoms in total. The van der Waals surface area contributed by atoms with Gasteiger partial charge in [-0.25, -0.2) is 0 Å². The molecular formula is C14H14BrN3S. The third-order valence-corrected chi connectivity index (χ3v) is 4.95. The standard InChI is InChI=1S/C14H14BrN3S/c1-16-7-6-11-13(15)14(18-17-11)10-8-19-12-5-3-2-4-9(10)12/h2-5,8,16H,6-7H2,1H3,(H,17,18). The smallest absolute Gasteiger partial charge is 0.108 e. The summed E-state index contributed by atoms with van der Waals surface area (Å²) in [7, 11) is 1.96. The second-order valence-corrected chi connectivity index (χ2v) is 6.07. The van der Waals surface area contributed by atoms with E-state index in [0.717, 1.165) is 28.8 Å². The first-order valence-corrected chi connectivity index (χ1v) is 7.82. The molecule has 3 rings (SSSR count). The van der Waals surface area contributed by atoms with E-state index in [9.17, 15) is 0 Å². The number of nitrogens with zero attached hydrogens (tertiary/aromatic N) is 1. The number of aromatic amines is 1. The third-order valence-electron chi connectivity index (χ3n) is 3.14. The Labute approximate surface area is 124 Å². The molecule has 0 saturated heterocycles. The van der Waals surface area contributed by atoms with Gasteiger partial charge in [0.2, 0.25) is 0 Å². The molecule has 0 aliphatic heterocycles. The molecule has 0 unspecified atom stereocenters. The van der Waals surface area contributed by atoms with Gasteiger partial charge in [0.05, 0.1) is 10.2 Å². The summed E-state index contributed by atoms with van der Waals surface area (Å²) >= 11 is 5.43. The number of halogens is 1. The zero-order valence-electron chi connectivity index (χ0n) is 10.5. The molecule has 0 fully saturated rings. The van der Waals surface area contributed by atoms with E-state index in [1.54, 1.807) is 11.3 Å². The number of benzene rings is 1. The number of rotatable bonds is 4. The average Bonchev–Trinajstić information content (AvgIpc) is 3.00. The Morgan fingerprint density at radius 3 is 3.05 bits per heavy atom. The van der Waals surface area contributed by atoms with E-state index in [-0.39, 0.29) is 0 Å². The number of aromatic nitrogens is 2. The van der Waals surface area contributed by atoms with Crippen molar-refractivity contribution in [3.05, 3.63) is 39.8 Å². The zero-order chi connectivity index (χ0) is 13.2. The van der Waals surface area contributed by atoms with Crippen molar-refractivity contribution in [3.8, 4) is 11.3 Å². The molecule has 0 radical (unpaired) electrons. The van der Waals surface area contributed by atoms with Crippen molar-refractivity contribution >= 4 is 37.4 Å². The number of likely N-dealkylation sites (N-methyl/N-ethyl adjacent to an activating group) is 1. The van der Waals surface area contributed by atoms with Gasteiger partial charge in [-0.3, -0.25) is 5.10 Å². The second-order valence-electron chi connectivity index (χ2n) is 4.36. The lowest BCUT2D eigenvalue weighted by Crippen LogP contribution is -2.10. The lowest BCUT2D eigenvalue weighted by Gasteiger charge is -1.98. The van der Waals surface area contributed by atoms with E-state index in [2.05, 4.69) is 61.1 Å². The van der Waals surface area contributed by atoms with Gasteiger partial charge in [0.15, 0.2) is 0 Å². The quantitative estimate of drug-likeness (QED) is 0.760. The number of fused-ring (bicyclic) bond motifs is 1. The molecule has 3 aromatic rings. The molecule has 0 aliphatic carbocycles. The Bertz CT molecular complexity index is 702. The second kappa shape index (κ2) is 5.45. The van der Waals surface area contributed by atoms with Crippen LogP contribution < -0.4 is 5.32 Å². The summed E-state index contributed by atoms with van der Waals surface area (Å²) in [5.74, 6) is 0. The van der Waals surface area contributed by atoms with E-state index < -0.39 is 0 Å². The fourth-order valence-corrected chi connectivity index (χ4v) is 3.65. The molecule has 0 aliphatic rings. The van der Waals surface area contributed by atoms with E-state index in [0.29, 0.717) is 0 Å². The van der Waals surface area contributed by atoms with Crippen LogP contribution in [0.4, 0.5) is 0 Å². The molecule has 19 heavy (non-hydrogen) atoms. The van der Waals surface area contributed by atoms with Gasteiger partial charge in [-0.1, -0.05) is 18.2 Å². The molecule has 0 spiro atoms. The first kappa shape index (κ1) is 12.8. The van der Waals surface area contributed by atoms with Gasteiger partial charge in [-0.05, 0) is 29.0 Å². The highest BCUT2D eigenvalue weighted by Gasteiger charge is 2.15. The minimum atomic E-state index is 0.935. The van der Waals surface area contributed by atoms with Crippen molar-refractivity contribution in [3.63, 3.8) is 0 Å². The predicted octanol–water partition coefficient (Wildman–Crippen LogP) is 3.82. The van der Waals surface area contributed by atoms with Crippen LogP contribution in [0.15, 0.2) is 34.1 Å². The minimum absolute atomic E-state index is 0.935. The predicted molar refractivity (Wildman–Crippen MR) is 84.7 cm³/mol. The maximum Gasteiger partial charge on any atom is 0.108 e. The Kier molecular flexibility index (Phi) is 3.68. The third kappa shape index (κ3) is 2.33. The largest absolute Gasteiger partial charge is 0.319 e. The highest BCUT2D eigenvalue weighted by Crippen LogP contribution is 2.37. The van der Waals surface area contributed by atoms with Gasteiger partial charge in [-0.2, -0.15) is 5.10 Å². The number of nitrogens with one attached hydrogen (secondary N) is 2. The van der Waals surface area contributed by atoms with E-state index in [1.165, 1.54) is 15.6 Å². The summed E-state index contributed by atoms with van der Waals surface area (Å²) in [5, 5.41) is 14.2. The molecule has 2 N–H and O–H groups in total. The van der Waals surface area contributed by atoms with Gasteiger partial charge in [0.25, 0.3) is 0 Å². The fraction of sp³-hybridized carbons (Fsp3) is 0.214. The van der Waals surface area contributed by atoms with Gasteiger partial charge < -0.3 is 5.32 Å². The maximum absolute atomic E-state index is 4.47. The van der Waals surface area contributed by atoms with Crippen LogP contribution in [-0.2, 0) is 6.42 Å². The summed E-state index contributed by atoms with van der Waals surface area (Å²) in [6.45, 7) is 0.935. The highest BCUT2D eigenvalue weighted by molar-refractivity contribution is 9.10. The first-order valence-electron chi connectivity index (χ1n) is 6.15. The molecule has 0 amide bonds. The van der Waals surface area contributed by atoms with Crippen molar-refractivity contribution in [2.24, 2.45) is 0 Å². The molecular weight excluding hydrogens is 322 g/mol. The summed E-state index contributed by atoms with van der Waals surface area (Å²) in [6, 6.07) is 8.43. The monoisotopic (exact) mass is 335 g/mol. The van der Waals surface area contributed by atoms with E-state index >= 15 is 0 Å². The van der Waals surface area contributed by atoms with Crippen LogP contribution in [0.3, 0.4) is 0 Å². The highest BCUT2D eigenvalue weighted by atomic mass is 79.9. The summed E-state index contributed by atoms with van der Waals surface area (Å²) in [4.78, 5) is 0. The first-order chi connectivity index (χ1) is 9.31. The molecule has 98 valence electrons. The lowest BCUT2D eigenvalue weighted by atomic mass is 10.1. The minimum Gasteiger partial charge on any atom is -0.319 e. The molecule has 2 aromatic heterocycles. The van der Waals surface area contributed by atoms with Gasteiger partial charge in [0, 0.05) is 34.0 Å². The van der Waals surface area contributed by atoms with Crippen molar-refractivity contribution < 1.29 is 0 Å². The summed E-state index contributed by atoms with van der Waals surface area (Å²) < 4.78 is 2.37. The Hall–Kier alpha value is -1.17. The van der Waals surface area contributed by atoms with Crippen molar-refractivity contribution in [2.75, 3.05) is 13.6 Å². The number of thiophene rings is 1. The Morgan fingerprint density at radius 2 is 2.21 bits per heavy atom. The molecule has 0 atom stereocenters. The zero-order valence-corrected chi connectivity index (χ0v) is 12.9.